The zero-order chi connectivity index (χ0) is 15.5. The highest BCUT2D eigenvalue weighted by atomic mass is 16.2. The first-order valence-corrected chi connectivity index (χ1v) is 8.70. The number of nitrogens with one attached hydrogen (secondary N) is 2. The quantitative estimate of drug-likeness (QED) is 0.875. The second-order valence-electron chi connectivity index (χ2n) is 6.98. The highest BCUT2D eigenvalue weighted by Gasteiger charge is 2.43. The Morgan fingerprint density at radius 1 is 1.27 bits per heavy atom. The van der Waals surface area contributed by atoms with Crippen molar-refractivity contribution in [3.8, 4) is 0 Å². The molecule has 0 spiro atoms. The predicted molar refractivity (Wildman–Crippen MR) is 86.5 cm³/mol. The van der Waals surface area contributed by atoms with E-state index >= 15 is 0 Å². The number of aromatic nitrogens is 2. The maximum Gasteiger partial charge on any atom is 0.248 e. The van der Waals surface area contributed by atoms with Crippen LogP contribution in [0.4, 0.5) is 0 Å². The fourth-order valence-corrected chi connectivity index (χ4v) is 4.14. The summed E-state index contributed by atoms with van der Waals surface area (Å²) < 4.78 is 1.87. The maximum absolute atomic E-state index is 13.0. The molecule has 0 radical (unpaired) electrons. The van der Waals surface area contributed by atoms with Crippen molar-refractivity contribution in [3.05, 3.63) is 18.5 Å². The number of hydrogen-bond acceptors (Lipinski definition) is 3. The first-order chi connectivity index (χ1) is 10.7. The van der Waals surface area contributed by atoms with Crippen LogP contribution in [0.25, 0.3) is 0 Å². The van der Waals surface area contributed by atoms with Crippen molar-refractivity contribution in [2.24, 2.45) is 5.41 Å². The van der Waals surface area contributed by atoms with Gasteiger partial charge >= 0.3 is 0 Å². The number of hydrogen-bond donors (Lipinski definition) is 2. The smallest absolute Gasteiger partial charge is 0.248 e. The summed E-state index contributed by atoms with van der Waals surface area (Å²) in [6.07, 6.45) is 11.6. The van der Waals surface area contributed by atoms with Crippen molar-refractivity contribution in [1.82, 2.24) is 20.4 Å². The summed E-state index contributed by atoms with van der Waals surface area (Å²) in [6, 6.07) is 1.90. The molecule has 0 bridgehead atoms. The van der Waals surface area contributed by atoms with E-state index in [1.54, 1.807) is 6.20 Å². The molecule has 5 nitrogen and oxygen atoms in total. The van der Waals surface area contributed by atoms with Gasteiger partial charge in [0, 0.05) is 18.9 Å². The lowest BCUT2D eigenvalue weighted by Crippen LogP contribution is -2.55. The Labute approximate surface area is 132 Å². The summed E-state index contributed by atoms with van der Waals surface area (Å²) in [5, 5.41) is 11.0. The lowest BCUT2D eigenvalue weighted by molar-refractivity contribution is -0.132. The SMILES string of the molecule is CCC1(CNC(=O)C2(n3cccn3)CCNCC2)CCCC1. The van der Waals surface area contributed by atoms with Gasteiger partial charge in [-0.15, -0.1) is 0 Å². The van der Waals surface area contributed by atoms with Crippen LogP contribution in [0.5, 0.6) is 0 Å². The normalized spacial score (nSPS) is 23.3. The molecule has 1 saturated carbocycles. The van der Waals surface area contributed by atoms with Gasteiger partial charge in [-0.1, -0.05) is 19.8 Å². The standard InChI is InChI=1S/C17H28N4O/c1-2-16(6-3-4-7-16)14-19-15(22)17(8-11-18-12-9-17)21-13-5-10-20-21/h5,10,13,18H,2-4,6-9,11-12,14H2,1H3,(H,19,22). The zero-order valence-corrected chi connectivity index (χ0v) is 13.6. The van der Waals surface area contributed by atoms with E-state index < -0.39 is 5.54 Å². The van der Waals surface area contributed by atoms with Gasteiger partial charge in [-0.05, 0) is 56.7 Å². The first-order valence-electron chi connectivity index (χ1n) is 8.70. The topological polar surface area (TPSA) is 59.0 Å². The second-order valence-corrected chi connectivity index (χ2v) is 6.98. The largest absolute Gasteiger partial charge is 0.353 e. The van der Waals surface area contributed by atoms with Crippen LogP contribution in [0.3, 0.4) is 0 Å². The van der Waals surface area contributed by atoms with E-state index in [0.717, 1.165) is 38.9 Å². The van der Waals surface area contributed by atoms with Crippen molar-refractivity contribution < 1.29 is 4.79 Å². The van der Waals surface area contributed by atoms with Crippen LogP contribution in [-0.4, -0.2) is 35.3 Å². The summed E-state index contributed by atoms with van der Waals surface area (Å²) in [7, 11) is 0. The molecule has 122 valence electrons. The average molecular weight is 304 g/mol. The second kappa shape index (κ2) is 6.41. The van der Waals surface area contributed by atoms with Crippen molar-refractivity contribution in [2.75, 3.05) is 19.6 Å². The minimum absolute atomic E-state index is 0.150. The lowest BCUT2D eigenvalue weighted by Gasteiger charge is -2.38. The molecule has 0 atom stereocenters. The number of carbonyl (C=O) groups is 1. The predicted octanol–water partition coefficient (Wildman–Crippen LogP) is 2.05. The summed E-state index contributed by atoms with van der Waals surface area (Å²) in [5.41, 5.74) is -0.184. The van der Waals surface area contributed by atoms with Crippen molar-refractivity contribution >= 4 is 5.91 Å². The van der Waals surface area contributed by atoms with Gasteiger partial charge < -0.3 is 10.6 Å². The van der Waals surface area contributed by atoms with E-state index in [1.807, 2.05) is 16.9 Å². The first kappa shape index (κ1) is 15.5. The fourth-order valence-electron chi connectivity index (χ4n) is 4.14. The molecule has 2 fully saturated rings. The number of nitrogens with zero attached hydrogens (tertiary/aromatic N) is 2. The van der Waals surface area contributed by atoms with Crippen LogP contribution in [0.15, 0.2) is 18.5 Å². The molecule has 2 aliphatic rings. The van der Waals surface area contributed by atoms with E-state index in [0.29, 0.717) is 5.41 Å². The molecule has 1 aliphatic heterocycles. The van der Waals surface area contributed by atoms with Gasteiger partial charge in [0.2, 0.25) is 5.91 Å². The molecule has 1 aromatic heterocycles. The molecule has 1 amide bonds. The number of amides is 1. The highest BCUT2D eigenvalue weighted by Crippen LogP contribution is 2.40. The summed E-state index contributed by atoms with van der Waals surface area (Å²) >= 11 is 0. The molecule has 22 heavy (non-hydrogen) atoms. The molecular formula is C17H28N4O. The van der Waals surface area contributed by atoms with Crippen LogP contribution in [0, 0.1) is 5.41 Å². The number of piperidine rings is 1. The lowest BCUT2D eigenvalue weighted by atomic mass is 9.82. The Morgan fingerprint density at radius 2 is 2.00 bits per heavy atom. The van der Waals surface area contributed by atoms with Gasteiger partial charge in [0.05, 0.1) is 0 Å². The Morgan fingerprint density at radius 3 is 2.59 bits per heavy atom. The molecule has 2 N–H and O–H groups in total. The third-order valence-corrected chi connectivity index (χ3v) is 5.83. The molecule has 1 aromatic rings. The Bertz CT molecular complexity index is 485. The van der Waals surface area contributed by atoms with Gasteiger partial charge in [0.15, 0.2) is 0 Å². The van der Waals surface area contributed by atoms with E-state index in [9.17, 15) is 4.79 Å². The molecule has 1 aliphatic carbocycles. The molecule has 0 unspecified atom stereocenters. The molecule has 1 saturated heterocycles. The van der Waals surface area contributed by atoms with Gasteiger partial charge in [0.25, 0.3) is 0 Å². The van der Waals surface area contributed by atoms with Gasteiger partial charge in [-0.2, -0.15) is 5.10 Å². The maximum atomic E-state index is 13.0. The third kappa shape index (κ3) is 2.78. The molecule has 3 rings (SSSR count). The minimum atomic E-state index is -0.512. The van der Waals surface area contributed by atoms with E-state index in [1.165, 1.54) is 25.7 Å². The van der Waals surface area contributed by atoms with Crippen LogP contribution >= 0.6 is 0 Å². The summed E-state index contributed by atoms with van der Waals surface area (Å²) in [5.74, 6) is 0.150. The minimum Gasteiger partial charge on any atom is -0.353 e. The molecule has 0 aromatic carbocycles. The van der Waals surface area contributed by atoms with Crippen molar-refractivity contribution in [1.29, 1.82) is 0 Å². The zero-order valence-electron chi connectivity index (χ0n) is 13.6. The van der Waals surface area contributed by atoms with Crippen molar-refractivity contribution in [3.63, 3.8) is 0 Å². The van der Waals surface area contributed by atoms with Crippen LogP contribution in [0.1, 0.15) is 51.9 Å². The Hall–Kier alpha value is -1.36. The van der Waals surface area contributed by atoms with Crippen LogP contribution in [0.2, 0.25) is 0 Å². The van der Waals surface area contributed by atoms with Gasteiger partial charge in [-0.25, -0.2) is 0 Å². The van der Waals surface area contributed by atoms with E-state index in [4.69, 9.17) is 0 Å². The Balaban J connectivity index is 1.73. The number of rotatable bonds is 5. The van der Waals surface area contributed by atoms with Crippen molar-refractivity contribution in [2.45, 2.75) is 57.4 Å². The molecule has 5 heteroatoms. The van der Waals surface area contributed by atoms with Crippen LogP contribution in [-0.2, 0) is 10.3 Å². The summed E-state index contributed by atoms with van der Waals surface area (Å²) in [6.45, 7) is 4.81. The molecular weight excluding hydrogens is 276 g/mol. The molecule has 2 heterocycles. The fraction of sp³-hybridized carbons (Fsp3) is 0.765. The average Bonchev–Trinajstić information content (AvgIpc) is 3.25. The van der Waals surface area contributed by atoms with Gasteiger partial charge in [-0.3, -0.25) is 9.48 Å². The Kier molecular flexibility index (Phi) is 4.52. The van der Waals surface area contributed by atoms with Gasteiger partial charge in [0.1, 0.15) is 5.54 Å². The third-order valence-electron chi connectivity index (χ3n) is 5.83. The highest BCUT2D eigenvalue weighted by molar-refractivity contribution is 5.84. The van der Waals surface area contributed by atoms with E-state index in [2.05, 4.69) is 22.7 Å². The summed E-state index contributed by atoms with van der Waals surface area (Å²) in [4.78, 5) is 13.0. The number of carbonyl (C=O) groups excluding carboxylic acids is 1. The van der Waals surface area contributed by atoms with E-state index in [-0.39, 0.29) is 5.91 Å². The van der Waals surface area contributed by atoms with Crippen LogP contribution < -0.4 is 10.6 Å². The monoisotopic (exact) mass is 304 g/mol.